The van der Waals surface area contributed by atoms with Gasteiger partial charge >= 0.3 is 6.01 Å². The lowest BCUT2D eigenvalue weighted by Crippen LogP contribution is -2.04. The third-order valence-electron chi connectivity index (χ3n) is 2.67. The Hall–Kier alpha value is -2.90. The number of rotatable bonds is 6. The van der Waals surface area contributed by atoms with Gasteiger partial charge in [0.05, 0.1) is 12.4 Å². The molecule has 8 heteroatoms. The number of aryl methyl sites for hydroxylation is 1. The second-order valence-corrected chi connectivity index (χ2v) is 4.32. The predicted octanol–water partition coefficient (Wildman–Crippen LogP) is 3.43. The predicted molar refractivity (Wildman–Crippen MR) is 75.5 cm³/mol. The Balaban J connectivity index is 1.98. The average Bonchev–Trinajstić information content (AvgIpc) is 2.51. The van der Waals surface area contributed by atoms with Gasteiger partial charge < -0.3 is 10.1 Å². The molecule has 0 unspecified atom stereocenters. The van der Waals surface area contributed by atoms with Gasteiger partial charge in [-0.1, -0.05) is 0 Å². The molecule has 0 saturated heterocycles. The van der Waals surface area contributed by atoms with Crippen LogP contribution in [0.4, 0.5) is 14.5 Å². The number of ether oxygens (including phenoxy) is 1. The summed E-state index contributed by atoms with van der Waals surface area (Å²) in [6.45, 7) is 1.68. The zero-order valence-electron chi connectivity index (χ0n) is 11.7. The molecule has 0 fully saturated rings. The number of benzene rings is 1. The van der Waals surface area contributed by atoms with Crippen LogP contribution < -0.4 is 10.1 Å². The number of anilines is 1. The first-order valence-electron chi connectivity index (χ1n) is 6.28. The normalized spacial score (nSPS) is 11.1. The van der Waals surface area contributed by atoms with E-state index >= 15 is 0 Å². The van der Waals surface area contributed by atoms with E-state index in [2.05, 4.69) is 20.4 Å². The van der Waals surface area contributed by atoms with Crippen molar-refractivity contribution in [1.82, 2.24) is 9.97 Å². The van der Waals surface area contributed by atoms with Crippen LogP contribution in [0.15, 0.2) is 47.6 Å². The standard InChI is InChI=1S/C14H13F2N5O/c1-9-4-10(15)2-3-13(9)18-7-12(21-17)8-22-14-19-5-11(16)6-20-14/h2-7,17-18H,8H2,1H3/b12-7-,21-17?. The maximum atomic E-state index is 13.0. The Morgan fingerprint density at radius 3 is 2.68 bits per heavy atom. The van der Waals surface area contributed by atoms with Crippen molar-refractivity contribution >= 4 is 5.69 Å². The quantitative estimate of drug-likeness (QED) is 0.801. The first kappa shape index (κ1) is 15.5. The van der Waals surface area contributed by atoms with Crippen LogP contribution in [0.3, 0.4) is 0 Å². The second-order valence-electron chi connectivity index (χ2n) is 4.32. The maximum absolute atomic E-state index is 13.0. The van der Waals surface area contributed by atoms with Gasteiger partial charge in [0.1, 0.15) is 18.1 Å². The van der Waals surface area contributed by atoms with E-state index in [0.717, 1.165) is 12.4 Å². The molecule has 2 rings (SSSR count). The van der Waals surface area contributed by atoms with E-state index in [4.69, 9.17) is 10.3 Å². The zero-order valence-corrected chi connectivity index (χ0v) is 11.7. The van der Waals surface area contributed by atoms with Crippen molar-refractivity contribution in [3.63, 3.8) is 0 Å². The van der Waals surface area contributed by atoms with Gasteiger partial charge in [0.2, 0.25) is 0 Å². The minimum atomic E-state index is -0.568. The minimum Gasteiger partial charge on any atom is -0.457 e. The molecule has 0 saturated carbocycles. The third-order valence-corrected chi connectivity index (χ3v) is 2.67. The number of hydrogen-bond acceptors (Lipinski definition) is 6. The highest BCUT2D eigenvalue weighted by molar-refractivity contribution is 5.52. The molecule has 0 amide bonds. The molecule has 1 heterocycles. The molecule has 22 heavy (non-hydrogen) atoms. The summed E-state index contributed by atoms with van der Waals surface area (Å²) in [5.74, 6) is -0.893. The van der Waals surface area contributed by atoms with E-state index in [1.807, 2.05) is 0 Å². The Labute approximate surface area is 125 Å². The lowest BCUT2D eigenvalue weighted by Gasteiger charge is -2.07. The van der Waals surface area contributed by atoms with Crippen molar-refractivity contribution in [3.05, 3.63) is 59.7 Å². The summed E-state index contributed by atoms with van der Waals surface area (Å²) in [5, 5.41) is 6.22. The van der Waals surface area contributed by atoms with E-state index < -0.39 is 5.82 Å². The largest absolute Gasteiger partial charge is 0.457 e. The second kappa shape index (κ2) is 7.21. The van der Waals surface area contributed by atoms with E-state index in [0.29, 0.717) is 11.3 Å². The van der Waals surface area contributed by atoms with E-state index in [1.54, 1.807) is 13.0 Å². The average molecular weight is 305 g/mol. The van der Waals surface area contributed by atoms with Gasteiger partial charge in [-0.25, -0.2) is 24.3 Å². The van der Waals surface area contributed by atoms with Crippen LogP contribution in [0.25, 0.3) is 0 Å². The van der Waals surface area contributed by atoms with Crippen molar-refractivity contribution < 1.29 is 13.5 Å². The molecule has 0 aliphatic rings. The smallest absolute Gasteiger partial charge is 0.316 e. The van der Waals surface area contributed by atoms with Crippen molar-refractivity contribution in [1.29, 1.82) is 5.53 Å². The first-order valence-corrected chi connectivity index (χ1v) is 6.28. The van der Waals surface area contributed by atoms with Crippen LogP contribution in [0, 0.1) is 24.1 Å². The molecule has 2 N–H and O–H groups in total. The summed E-state index contributed by atoms with van der Waals surface area (Å²) in [6.07, 6.45) is 3.41. The lowest BCUT2D eigenvalue weighted by atomic mass is 10.2. The number of hydrogen-bond donors (Lipinski definition) is 2. The van der Waals surface area contributed by atoms with Crippen molar-refractivity contribution in [2.24, 2.45) is 5.11 Å². The fraction of sp³-hybridized carbons (Fsp3) is 0.143. The van der Waals surface area contributed by atoms with Crippen LogP contribution in [-0.2, 0) is 0 Å². The Kier molecular flexibility index (Phi) is 5.07. The number of nitrogens with one attached hydrogen (secondary N) is 2. The van der Waals surface area contributed by atoms with Crippen LogP contribution >= 0.6 is 0 Å². The van der Waals surface area contributed by atoms with Crippen molar-refractivity contribution in [2.45, 2.75) is 6.92 Å². The van der Waals surface area contributed by atoms with Gasteiger partial charge in [-0.2, -0.15) is 5.11 Å². The van der Waals surface area contributed by atoms with Crippen molar-refractivity contribution in [2.75, 3.05) is 11.9 Å². The van der Waals surface area contributed by atoms with Gasteiger partial charge in [-0.15, -0.1) is 0 Å². The number of nitrogens with zero attached hydrogens (tertiary/aromatic N) is 3. The maximum Gasteiger partial charge on any atom is 0.316 e. The minimum absolute atomic E-state index is 0.0195. The molecule has 2 aromatic rings. The molecule has 0 atom stereocenters. The lowest BCUT2D eigenvalue weighted by molar-refractivity contribution is 0.318. The fourth-order valence-electron chi connectivity index (χ4n) is 1.57. The Bertz CT molecular complexity index is 688. The summed E-state index contributed by atoms with van der Waals surface area (Å²) < 4.78 is 30.8. The Morgan fingerprint density at radius 2 is 2.05 bits per heavy atom. The highest BCUT2D eigenvalue weighted by Gasteiger charge is 2.03. The van der Waals surface area contributed by atoms with Gasteiger partial charge in [0.15, 0.2) is 5.82 Å². The van der Waals surface area contributed by atoms with E-state index in [1.165, 1.54) is 18.3 Å². The topological polar surface area (TPSA) is 83.2 Å². The Morgan fingerprint density at radius 1 is 1.32 bits per heavy atom. The molecule has 0 radical (unpaired) electrons. The van der Waals surface area contributed by atoms with Gasteiger partial charge in [-0.3, -0.25) is 0 Å². The molecule has 1 aromatic heterocycles. The monoisotopic (exact) mass is 305 g/mol. The van der Waals surface area contributed by atoms with Gasteiger partial charge in [0, 0.05) is 11.9 Å². The molecule has 0 spiro atoms. The van der Waals surface area contributed by atoms with E-state index in [-0.39, 0.29) is 24.1 Å². The summed E-state index contributed by atoms with van der Waals surface area (Å²) in [4.78, 5) is 7.25. The molecule has 1 aromatic carbocycles. The summed E-state index contributed by atoms with van der Waals surface area (Å²) in [7, 11) is 0. The van der Waals surface area contributed by atoms with Crippen LogP contribution in [0.2, 0.25) is 0 Å². The zero-order chi connectivity index (χ0) is 15.9. The molecular formula is C14H13F2N5O. The highest BCUT2D eigenvalue weighted by atomic mass is 19.1. The summed E-state index contributed by atoms with van der Waals surface area (Å²) in [5.41, 5.74) is 8.74. The first-order chi connectivity index (χ1) is 10.6. The number of aromatic nitrogens is 2. The fourth-order valence-corrected chi connectivity index (χ4v) is 1.57. The summed E-state index contributed by atoms with van der Waals surface area (Å²) in [6, 6.07) is 4.26. The molecule has 114 valence electrons. The molecule has 0 aliphatic heterocycles. The van der Waals surface area contributed by atoms with E-state index in [9.17, 15) is 8.78 Å². The number of halogens is 2. The van der Waals surface area contributed by atoms with Gasteiger partial charge in [0.25, 0.3) is 0 Å². The molecule has 0 bridgehead atoms. The highest BCUT2D eigenvalue weighted by Crippen LogP contribution is 2.16. The van der Waals surface area contributed by atoms with Crippen LogP contribution in [0.1, 0.15) is 5.56 Å². The molecule has 0 aliphatic carbocycles. The molecular weight excluding hydrogens is 292 g/mol. The summed E-state index contributed by atoms with van der Waals surface area (Å²) >= 11 is 0. The molecule has 6 nitrogen and oxygen atoms in total. The van der Waals surface area contributed by atoms with Crippen LogP contribution in [-0.4, -0.2) is 16.6 Å². The van der Waals surface area contributed by atoms with Crippen LogP contribution in [0.5, 0.6) is 6.01 Å². The third kappa shape index (κ3) is 4.30. The SMILES string of the molecule is Cc1cc(F)ccc1N/C=C(/COc1ncc(F)cn1)N=N. The van der Waals surface area contributed by atoms with Crippen molar-refractivity contribution in [3.8, 4) is 6.01 Å². The van der Waals surface area contributed by atoms with Gasteiger partial charge in [-0.05, 0) is 30.7 Å².